The molecule has 5 nitrogen and oxygen atoms in total. The number of hydrogen-bond acceptors (Lipinski definition) is 6. The summed E-state index contributed by atoms with van der Waals surface area (Å²) in [5.74, 6) is -0.290. The zero-order valence-corrected chi connectivity index (χ0v) is 20.5. The van der Waals surface area contributed by atoms with Gasteiger partial charge in [-0.2, -0.15) is 0 Å². The Morgan fingerprint density at radius 3 is 2.58 bits per heavy atom. The van der Waals surface area contributed by atoms with E-state index >= 15 is 0 Å². The maximum absolute atomic E-state index is 12.1. The van der Waals surface area contributed by atoms with Crippen LogP contribution >= 0.6 is 36.6 Å². The highest BCUT2D eigenvalue weighted by Crippen LogP contribution is 2.48. The van der Waals surface area contributed by atoms with E-state index in [1.807, 2.05) is 18.2 Å². The molecule has 8 heteroatoms. The average molecular weight is 484 g/mol. The molecule has 4 rings (SSSR count). The van der Waals surface area contributed by atoms with E-state index in [9.17, 15) is 4.79 Å². The van der Waals surface area contributed by atoms with E-state index in [0.29, 0.717) is 11.6 Å². The SMILES string of the molecule is COC(=O)c1ccc2c(c1)N(CCCN(C)C1CCNCC1)c1ccccc1S2.Cl.Cl. The molecule has 2 heterocycles. The minimum atomic E-state index is -0.290. The number of nitrogens with zero attached hydrogens (tertiary/aromatic N) is 2. The molecule has 0 amide bonds. The zero-order valence-electron chi connectivity index (χ0n) is 18.0. The fourth-order valence-corrected chi connectivity index (χ4v) is 5.30. The van der Waals surface area contributed by atoms with E-state index < -0.39 is 0 Å². The maximum Gasteiger partial charge on any atom is 0.337 e. The maximum atomic E-state index is 12.1. The number of methoxy groups -OCH3 is 1. The number of piperidine rings is 1. The third-order valence-electron chi connectivity index (χ3n) is 5.87. The number of carbonyl (C=O) groups excluding carboxylic acids is 1. The van der Waals surface area contributed by atoms with Gasteiger partial charge in [0.25, 0.3) is 0 Å². The lowest BCUT2D eigenvalue weighted by molar-refractivity contribution is 0.0600. The van der Waals surface area contributed by atoms with Crippen molar-refractivity contribution < 1.29 is 9.53 Å². The Morgan fingerprint density at radius 2 is 1.84 bits per heavy atom. The first kappa shape index (κ1) is 25.8. The molecule has 31 heavy (non-hydrogen) atoms. The van der Waals surface area contributed by atoms with Crippen molar-refractivity contribution in [1.82, 2.24) is 10.2 Å². The molecule has 0 spiro atoms. The third kappa shape index (κ3) is 5.88. The molecule has 2 aromatic carbocycles. The van der Waals surface area contributed by atoms with Crippen molar-refractivity contribution in [2.75, 3.05) is 45.2 Å². The number of anilines is 2. The highest BCUT2D eigenvalue weighted by molar-refractivity contribution is 7.99. The summed E-state index contributed by atoms with van der Waals surface area (Å²) >= 11 is 1.77. The Labute approximate surface area is 201 Å². The predicted octanol–water partition coefficient (Wildman–Crippen LogP) is 4.99. The van der Waals surface area contributed by atoms with Crippen LogP contribution in [-0.2, 0) is 4.74 Å². The van der Waals surface area contributed by atoms with Gasteiger partial charge in [0.2, 0.25) is 0 Å². The molecule has 1 fully saturated rings. The molecule has 0 aliphatic carbocycles. The number of halogens is 2. The van der Waals surface area contributed by atoms with Gasteiger partial charge in [-0.25, -0.2) is 4.79 Å². The summed E-state index contributed by atoms with van der Waals surface area (Å²) < 4.78 is 4.94. The van der Waals surface area contributed by atoms with Crippen LogP contribution < -0.4 is 10.2 Å². The molecule has 0 aromatic heterocycles. The molecule has 0 saturated carbocycles. The first-order valence-corrected chi connectivity index (χ1v) is 11.2. The minimum absolute atomic E-state index is 0. The monoisotopic (exact) mass is 483 g/mol. The third-order valence-corrected chi connectivity index (χ3v) is 7.00. The second-order valence-electron chi connectivity index (χ2n) is 7.71. The number of esters is 1. The molecule has 1 saturated heterocycles. The van der Waals surface area contributed by atoms with Gasteiger partial charge in [0.05, 0.1) is 24.0 Å². The van der Waals surface area contributed by atoms with Gasteiger partial charge in [-0.1, -0.05) is 23.9 Å². The van der Waals surface area contributed by atoms with Gasteiger partial charge in [-0.3, -0.25) is 0 Å². The number of carbonyl (C=O) groups is 1. The van der Waals surface area contributed by atoms with Crippen molar-refractivity contribution in [3.63, 3.8) is 0 Å². The topological polar surface area (TPSA) is 44.8 Å². The van der Waals surface area contributed by atoms with Crippen LogP contribution in [0.1, 0.15) is 29.6 Å². The van der Waals surface area contributed by atoms with Crippen molar-refractivity contribution in [1.29, 1.82) is 0 Å². The van der Waals surface area contributed by atoms with Crippen LogP contribution in [0.4, 0.5) is 11.4 Å². The van der Waals surface area contributed by atoms with Gasteiger partial charge in [0.15, 0.2) is 0 Å². The van der Waals surface area contributed by atoms with E-state index in [2.05, 4.69) is 46.4 Å². The Bertz CT molecular complexity index is 878. The van der Waals surface area contributed by atoms with Crippen molar-refractivity contribution >= 4 is 53.9 Å². The van der Waals surface area contributed by atoms with Crippen molar-refractivity contribution in [3.8, 4) is 0 Å². The highest BCUT2D eigenvalue weighted by atomic mass is 35.5. The van der Waals surface area contributed by atoms with E-state index in [0.717, 1.165) is 38.3 Å². The zero-order chi connectivity index (χ0) is 20.2. The lowest BCUT2D eigenvalue weighted by atomic mass is 10.1. The smallest absolute Gasteiger partial charge is 0.337 e. The number of hydrogen-bond donors (Lipinski definition) is 1. The van der Waals surface area contributed by atoms with Gasteiger partial charge in [0.1, 0.15) is 0 Å². The number of rotatable bonds is 6. The fraction of sp³-hybridized carbons (Fsp3) is 0.435. The van der Waals surface area contributed by atoms with Crippen LogP contribution in [0.3, 0.4) is 0 Å². The summed E-state index contributed by atoms with van der Waals surface area (Å²) in [7, 11) is 3.68. The van der Waals surface area contributed by atoms with Gasteiger partial charge in [-0.15, -0.1) is 24.8 Å². The summed E-state index contributed by atoms with van der Waals surface area (Å²) in [6, 6.07) is 15.1. The Hall–Kier alpha value is -1.44. The first-order valence-electron chi connectivity index (χ1n) is 10.3. The number of benzene rings is 2. The van der Waals surface area contributed by atoms with Crippen LogP contribution in [0.5, 0.6) is 0 Å². The molecule has 2 aromatic rings. The van der Waals surface area contributed by atoms with E-state index in [4.69, 9.17) is 4.74 Å². The molecule has 1 N–H and O–H groups in total. The number of para-hydroxylation sites is 1. The number of ether oxygens (including phenoxy) is 1. The second kappa shape index (κ2) is 12.0. The first-order chi connectivity index (χ1) is 14.2. The quantitative estimate of drug-likeness (QED) is 0.583. The van der Waals surface area contributed by atoms with Crippen LogP contribution in [0.15, 0.2) is 52.3 Å². The van der Waals surface area contributed by atoms with Crippen LogP contribution in [0.2, 0.25) is 0 Å². The van der Waals surface area contributed by atoms with Crippen LogP contribution in [0, 0.1) is 0 Å². The van der Waals surface area contributed by atoms with Crippen LogP contribution in [-0.4, -0.2) is 57.2 Å². The summed E-state index contributed by atoms with van der Waals surface area (Å²) in [4.78, 5) is 19.4. The summed E-state index contributed by atoms with van der Waals surface area (Å²) in [6.07, 6.45) is 3.53. The van der Waals surface area contributed by atoms with Gasteiger partial charge < -0.3 is 19.9 Å². The van der Waals surface area contributed by atoms with Gasteiger partial charge >= 0.3 is 5.97 Å². The van der Waals surface area contributed by atoms with Crippen molar-refractivity contribution in [2.24, 2.45) is 0 Å². The molecule has 0 unspecified atom stereocenters. The summed E-state index contributed by atoms with van der Waals surface area (Å²) in [5.41, 5.74) is 2.92. The second-order valence-corrected chi connectivity index (χ2v) is 8.79. The molecule has 0 radical (unpaired) electrons. The molecular weight excluding hydrogens is 453 g/mol. The largest absolute Gasteiger partial charge is 0.465 e. The molecule has 2 aliphatic rings. The van der Waals surface area contributed by atoms with Crippen LogP contribution in [0.25, 0.3) is 0 Å². The molecule has 0 bridgehead atoms. The Morgan fingerprint density at radius 1 is 1.13 bits per heavy atom. The molecule has 0 atom stereocenters. The van der Waals surface area contributed by atoms with Crippen molar-refractivity contribution in [3.05, 3.63) is 48.0 Å². The summed E-state index contributed by atoms with van der Waals surface area (Å²) in [5, 5.41) is 3.44. The molecule has 2 aliphatic heterocycles. The Kier molecular flexibility index (Phi) is 9.97. The minimum Gasteiger partial charge on any atom is -0.465 e. The van der Waals surface area contributed by atoms with E-state index in [1.165, 1.54) is 35.4 Å². The molecule has 170 valence electrons. The lowest BCUT2D eigenvalue weighted by Crippen LogP contribution is -2.42. The van der Waals surface area contributed by atoms with E-state index in [1.54, 1.807) is 11.8 Å². The highest BCUT2D eigenvalue weighted by Gasteiger charge is 2.25. The van der Waals surface area contributed by atoms with Crippen molar-refractivity contribution in [2.45, 2.75) is 35.1 Å². The number of fused-ring (bicyclic) bond motifs is 2. The average Bonchev–Trinajstić information content (AvgIpc) is 2.78. The fourth-order valence-electron chi connectivity index (χ4n) is 4.22. The standard InChI is InChI=1S/C23H29N3O2S.2ClH/c1-25(18-10-12-24-13-11-18)14-5-15-26-19-6-3-4-7-21(19)29-22-9-8-17(16-20(22)26)23(27)28-2;;/h3-4,6-9,16,18,24H,5,10-15H2,1-2H3;2*1H. The lowest BCUT2D eigenvalue weighted by Gasteiger charge is -2.35. The summed E-state index contributed by atoms with van der Waals surface area (Å²) in [6.45, 7) is 4.23. The number of nitrogens with one attached hydrogen (secondary N) is 1. The predicted molar refractivity (Wildman–Crippen MR) is 133 cm³/mol. The van der Waals surface area contributed by atoms with E-state index in [-0.39, 0.29) is 30.8 Å². The van der Waals surface area contributed by atoms with Gasteiger partial charge in [0, 0.05) is 22.4 Å². The Balaban J connectivity index is 0.00000171. The van der Waals surface area contributed by atoms with Gasteiger partial charge in [-0.05, 0) is 76.3 Å². The molecular formula is C23H31Cl2N3O2S. The normalized spacial score (nSPS) is 15.4.